The molecule has 0 amide bonds. The molecule has 0 bridgehead atoms. The lowest BCUT2D eigenvalue weighted by Gasteiger charge is -1.98. The molecule has 0 unspecified atom stereocenters. The maximum Gasteiger partial charge on any atom is 0.153 e. The maximum atomic E-state index is 12.6. The summed E-state index contributed by atoms with van der Waals surface area (Å²) in [6.07, 6.45) is 2.78. The van der Waals surface area contributed by atoms with Gasteiger partial charge < -0.3 is 0 Å². The Hall–Kier alpha value is -1.42. The van der Waals surface area contributed by atoms with Crippen molar-refractivity contribution in [2.45, 2.75) is 6.92 Å². The van der Waals surface area contributed by atoms with E-state index in [1.807, 2.05) is 0 Å². The number of hydrogen-bond donors (Lipinski definition) is 0. The zero-order chi connectivity index (χ0) is 10.1. The number of aromatic nitrogens is 3. The Morgan fingerprint density at radius 1 is 1.43 bits per heavy atom. The highest BCUT2D eigenvalue weighted by atomic mass is 35.5. The summed E-state index contributed by atoms with van der Waals surface area (Å²) in [4.78, 5) is 3.87. The molecule has 0 aliphatic rings. The molecule has 2 heterocycles. The summed E-state index contributed by atoms with van der Waals surface area (Å²) in [6.45, 7) is 1.79. The molecule has 0 N–H and O–H groups in total. The van der Waals surface area contributed by atoms with Crippen LogP contribution in [-0.2, 0) is 0 Å². The second-order valence-corrected chi connectivity index (χ2v) is 3.25. The van der Waals surface area contributed by atoms with E-state index in [1.54, 1.807) is 13.1 Å². The molecule has 72 valence electrons. The average molecular weight is 212 g/mol. The highest BCUT2D eigenvalue weighted by molar-refractivity contribution is 6.31. The molecule has 0 saturated carbocycles. The first-order chi connectivity index (χ1) is 6.66. The third kappa shape index (κ3) is 1.61. The van der Waals surface area contributed by atoms with Crippen molar-refractivity contribution in [3.05, 3.63) is 41.1 Å². The van der Waals surface area contributed by atoms with Crippen LogP contribution in [0.2, 0.25) is 5.02 Å². The van der Waals surface area contributed by atoms with Crippen LogP contribution in [0.4, 0.5) is 4.39 Å². The number of halogens is 2. The summed E-state index contributed by atoms with van der Waals surface area (Å²) < 4.78 is 14.1. The fourth-order valence-corrected chi connectivity index (χ4v) is 1.19. The maximum absolute atomic E-state index is 12.6. The normalized spacial score (nSPS) is 10.5. The largest absolute Gasteiger partial charge is 0.234 e. The van der Waals surface area contributed by atoms with Crippen molar-refractivity contribution in [2.75, 3.05) is 0 Å². The molecule has 2 aromatic heterocycles. The van der Waals surface area contributed by atoms with Crippen LogP contribution in [0.15, 0.2) is 24.5 Å². The third-order valence-electron chi connectivity index (χ3n) is 1.79. The summed E-state index contributed by atoms with van der Waals surface area (Å²) in [7, 11) is 0. The van der Waals surface area contributed by atoms with Crippen LogP contribution in [0, 0.1) is 12.7 Å². The average Bonchev–Trinajstić information content (AvgIpc) is 2.48. The summed E-state index contributed by atoms with van der Waals surface area (Å²) >= 11 is 5.83. The number of rotatable bonds is 1. The minimum Gasteiger partial charge on any atom is -0.234 e. The molecule has 2 aromatic rings. The fourth-order valence-electron chi connectivity index (χ4n) is 1.06. The van der Waals surface area contributed by atoms with Gasteiger partial charge in [-0.05, 0) is 19.1 Å². The number of hydrogen-bond acceptors (Lipinski definition) is 2. The molecule has 0 saturated heterocycles. The second kappa shape index (κ2) is 3.38. The zero-order valence-corrected chi connectivity index (χ0v) is 8.16. The monoisotopic (exact) mass is 211 g/mol. The van der Waals surface area contributed by atoms with Crippen LogP contribution in [0.25, 0.3) is 5.82 Å². The Morgan fingerprint density at radius 3 is 2.71 bits per heavy atom. The SMILES string of the molecule is Cc1nn(-c2ccc(F)cn2)cc1Cl. The molecule has 0 radical (unpaired) electrons. The lowest BCUT2D eigenvalue weighted by atomic mass is 10.4. The first-order valence-corrected chi connectivity index (χ1v) is 4.38. The summed E-state index contributed by atoms with van der Waals surface area (Å²) in [5.41, 5.74) is 0.720. The van der Waals surface area contributed by atoms with Crippen LogP contribution in [0.5, 0.6) is 0 Å². The van der Waals surface area contributed by atoms with E-state index < -0.39 is 0 Å². The lowest BCUT2D eigenvalue weighted by Crippen LogP contribution is -1.97. The van der Waals surface area contributed by atoms with Crippen LogP contribution >= 0.6 is 11.6 Å². The van der Waals surface area contributed by atoms with Crippen molar-refractivity contribution < 1.29 is 4.39 Å². The quantitative estimate of drug-likeness (QED) is 0.725. The standard InChI is InChI=1S/C9H7ClFN3/c1-6-8(10)5-14(13-6)9-3-2-7(11)4-12-9/h2-5H,1H3. The van der Waals surface area contributed by atoms with Gasteiger partial charge >= 0.3 is 0 Å². The molecule has 0 spiro atoms. The molecule has 14 heavy (non-hydrogen) atoms. The Kier molecular flexibility index (Phi) is 2.21. The van der Waals surface area contributed by atoms with E-state index in [9.17, 15) is 4.39 Å². The zero-order valence-electron chi connectivity index (χ0n) is 7.41. The van der Waals surface area contributed by atoms with E-state index in [4.69, 9.17) is 11.6 Å². The van der Waals surface area contributed by atoms with Gasteiger partial charge in [0, 0.05) is 0 Å². The predicted molar refractivity (Wildman–Crippen MR) is 51.1 cm³/mol. The van der Waals surface area contributed by atoms with Gasteiger partial charge in [0.25, 0.3) is 0 Å². The minimum atomic E-state index is -0.372. The van der Waals surface area contributed by atoms with E-state index in [0.717, 1.165) is 11.9 Å². The summed E-state index contributed by atoms with van der Waals surface area (Å²) in [6, 6.07) is 2.87. The molecule has 2 rings (SSSR count). The van der Waals surface area contributed by atoms with Crippen molar-refractivity contribution in [1.29, 1.82) is 0 Å². The molecule has 3 nitrogen and oxygen atoms in total. The van der Waals surface area contributed by atoms with Crippen molar-refractivity contribution in [3.8, 4) is 5.82 Å². The van der Waals surface area contributed by atoms with Gasteiger partial charge in [0.15, 0.2) is 5.82 Å². The van der Waals surface area contributed by atoms with Crippen LogP contribution in [0.1, 0.15) is 5.69 Å². The van der Waals surface area contributed by atoms with Gasteiger partial charge in [-0.1, -0.05) is 11.6 Å². The number of aryl methyl sites for hydroxylation is 1. The predicted octanol–water partition coefficient (Wildman–Crippen LogP) is 2.37. The Bertz CT molecular complexity index is 430. The van der Waals surface area contributed by atoms with Crippen molar-refractivity contribution >= 4 is 11.6 Å². The van der Waals surface area contributed by atoms with Gasteiger partial charge in [0.1, 0.15) is 5.82 Å². The Morgan fingerprint density at radius 2 is 2.21 bits per heavy atom. The molecule has 0 atom stereocenters. The van der Waals surface area contributed by atoms with Crippen LogP contribution < -0.4 is 0 Å². The second-order valence-electron chi connectivity index (χ2n) is 2.84. The van der Waals surface area contributed by atoms with Crippen LogP contribution in [0.3, 0.4) is 0 Å². The number of pyridine rings is 1. The van der Waals surface area contributed by atoms with Gasteiger partial charge in [0.2, 0.25) is 0 Å². The van der Waals surface area contributed by atoms with E-state index in [2.05, 4.69) is 10.1 Å². The van der Waals surface area contributed by atoms with Gasteiger partial charge in [-0.15, -0.1) is 0 Å². The van der Waals surface area contributed by atoms with Gasteiger partial charge in [0.05, 0.1) is 23.1 Å². The van der Waals surface area contributed by atoms with Gasteiger partial charge in [-0.2, -0.15) is 5.10 Å². The van der Waals surface area contributed by atoms with E-state index in [0.29, 0.717) is 10.8 Å². The molecule has 0 aliphatic heterocycles. The smallest absolute Gasteiger partial charge is 0.153 e. The van der Waals surface area contributed by atoms with Crippen molar-refractivity contribution in [2.24, 2.45) is 0 Å². The van der Waals surface area contributed by atoms with Crippen molar-refractivity contribution in [3.63, 3.8) is 0 Å². The Labute approximate surface area is 85.1 Å². The highest BCUT2D eigenvalue weighted by Gasteiger charge is 2.04. The fraction of sp³-hybridized carbons (Fsp3) is 0.111. The van der Waals surface area contributed by atoms with Gasteiger partial charge in [-0.25, -0.2) is 14.1 Å². The Balaban J connectivity index is 2.44. The van der Waals surface area contributed by atoms with E-state index >= 15 is 0 Å². The third-order valence-corrected chi connectivity index (χ3v) is 2.16. The van der Waals surface area contributed by atoms with E-state index in [1.165, 1.54) is 16.8 Å². The first kappa shape index (κ1) is 9.15. The van der Waals surface area contributed by atoms with Crippen LogP contribution in [-0.4, -0.2) is 14.8 Å². The molecule has 5 heteroatoms. The number of nitrogens with zero attached hydrogens (tertiary/aromatic N) is 3. The lowest BCUT2D eigenvalue weighted by molar-refractivity contribution is 0.619. The minimum absolute atomic E-state index is 0.372. The summed E-state index contributed by atoms with van der Waals surface area (Å²) in [5, 5.41) is 4.68. The molecule has 0 aromatic carbocycles. The molecular formula is C9H7ClFN3. The van der Waals surface area contributed by atoms with Crippen molar-refractivity contribution in [1.82, 2.24) is 14.8 Å². The highest BCUT2D eigenvalue weighted by Crippen LogP contribution is 2.14. The molecule has 0 fully saturated rings. The topological polar surface area (TPSA) is 30.7 Å². The van der Waals surface area contributed by atoms with Gasteiger partial charge in [-0.3, -0.25) is 0 Å². The molecular weight excluding hydrogens is 205 g/mol. The molecule has 0 aliphatic carbocycles. The van der Waals surface area contributed by atoms with E-state index in [-0.39, 0.29) is 5.82 Å². The summed E-state index contributed by atoms with van der Waals surface area (Å²) in [5.74, 6) is 0.171. The first-order valence-electron chi connectivity index (χ1n) is 4.00.